The van der Waals surface area contributed by atoms with Crippen LogP contribution in [-0.4, -0.2) is 19.4 Å². The monoisotopic (exact) mass is 284 g/mol. The van der Waals surface area contributed by atoms with Gasteiger partial charge in [-0.1, -0.05) is 18.2 Å². The first kappa shape index (κ1) is 14.9. The van der Waals surface area contributed by atoms with E-state index in [1.807, 2.05) is 62.4 Å². The zero-order chi connectivity index (χ0) is 14.9. The zero-order valence-electron chi connectivity index (χ0n) is 12.4. The number of benzene rings is 2. The molecule has 0 atom stereocenters. The van der Waals surface area contributed by atoms with Gasteiger partial charge in [-0.15, -0.1) is 0 Å². The van der Waals surface area contributed by atoms with Crippen molar-refractivity contribution in [2.24, 2.45) is 5.10 Å². The largest absolute Gasteiger partial charge is 0.494 e. The second-order valence-electron chi connectivity index (χ2n) is 4.30. The average molecular weight is 284 g/mol. The average Bonchev–Trinajstić information content (AvgIpc) is 2.51. The lowest BCUT2D eigenvalue weighted by molar-refractivity contribution is 0.323. The van der Waals surface area contributed by atoms with Gasteiger partial charge in [0.15, 0.2) is 0 Å². The van der Waals surface area contributed by atoms with Crippen LogP contribution in [0.25, 0.3) is 0 Å². The summed E-state index contributed by atoms with van der Waals surface area (Å²) in [5, 5.41) is 4.23. The molecule has 0 fully saturated rings. The van der Waals surface area contributed by atoms with Crippen LogP contribution in [0.3, 0.4) is 0 Å². The van der Waals surface area contributed by atoms with Crippen molar-refractivity contribution in [3.63, 3.8) is 0 Å². The minimum atomic E-state index is 0.600. The van der Waals surface area contributed by atoms with Gasteiger partial charge < -0.3 is 9.47 Å². The van der Waals surface area contributed by atoms with Crippen molar-refractivity contribution in [2.75, 3.05) is 18.6 Å². The summed E-state index contributed by atoms with van der Waals surface area (Å²) < 4.78 is 11.1. The first-order valence-corrected chi connectivity index (χ1v) is 7.07. The van der Waals surface area contributed by atoms with Crippen LogP contribution in [0.1, 0.15) is 19.4 Å². The predicted molar refractivity (Wildman–Crippen MR) is 86.4 cm³/mol. The van der Waals surface area contributed by atoms with E-state index in [4.69, 9.17) is 9.47 Å². The Balaban J connectivity index is 2.10. The molecule has 1 N–H and O–H groups in total. The molecule has 4 heteroatoms. The lowest BCUT2D eigenvalue weighted by Gasteiger charge is -2.10. The summed E-state index contributed by atoms with van der Waals surface area (Å²) in [6.45, 7) is 5.15. The number of nitrogens with zero attached hydrogens (tertiary/aromatic N) is 1. The Kier molecular flexibility index (Phi) is 5.64. The van der Waals surface area contributed by atoms with E-state index in [-0.39, 0.29) is 0 Å². The van der Waals surface area contributed by atoms with Gasteiger partial charge in [0.05, 0.1) is 25.1 Å². The van der Waals surface area contributed by atoms with Crippen molar-refractivity contribution < 1.29 is 9.47 Å². The molecule has 0 aromatic heterocycles. The van der Waals surface area contributed by atoms with Crippen molar-refractivity contribution in [1.29, 1.82) is 0 Å². The Bertz CT molecular complexity index is 583. The molecule has 0 aliphatic carbocycles. The highest BCUT2D eigenvalue weighted by atomic mass is 16.5. The standard InChI is InChI=1S/C17H20N2O2/c1-3-20-16-11-10-14(17(12-16)21-4-2)13-18-19-15-8-6-5-7-9-15/h5-13,19H,3-4H2,1-2H3/b18-13-. The van der Waals surface area contributed by atoms with Gasteiger partial charge >= 0.3 is 0 Å². The van der Waals surface area contributed by atoms with Gasteiger partial charge in [-0.2, -0.15) is 5.10 Å². The SMILES string of the molecule is CCOc1ccc(/C=N\Nc2ccccc2)c(OCC)c1. The molecule has 0 aliphatic heterocycles. The molecule has 4 nitrogen and oxygen atoms in total. The Morgan fingerprint density at radius 1 is 1.00 bits per heavy atom. The third kappa shape index (κ3) is 4.53. The van der Waals surface area contributed by atoms with Gasteiger partial charge in [-0.25, -0.2) is 0 Å². The van der Waals surface area contributed by atoms with Gasteiger partial charge in [0.25, 0.3) is 0 Å². The van der Waals surface area contributed by atoms with Crippen LogP contribution in [0.2, 0.25) is 0 Å². The number of anilines is 1. The fourth-order valence-electron chi connectivity index (χ4n) is 1.85. The second kappa shape index (κ2) is 7.94. The lowest BCUT2D eigenvalue weighted by atomic mass is 10.2. The first-order valence-electron chi connectivity index (χ1n) is 7.07. The normalized spacial score (nSPS) is 10.6. The molecule has 0 bridgehead atoms. The van der Waals surface area contributed by atoms with E-state index in [1.54, 1.807) is 6.21 Å². The molecule has 0 saturated carbocycles. The Morgan fingerprint density at radius 3 is 2.48 bits per heavy atom. The topological polar surface area (TPSA) is 42.8 Å². The molecular weight excluding hydrogens is 264 g/mol. The quantitative estimate of drug-likeness (QED) is 0.619. The molecular formula is C17H20N2O2. The minimum Gasteiger partial charge on any atom is -0.494 e. The Morgan fingerprint density at radius 2 is 1.76 bits per heavy atom. The summed E-state index contributed by atoms with van der Waals surface area (Å²) in [5.41, 5.74) is 4.83. The summed E-state index contributed by atoms with van der Waals surface area (Å²) in [6.07, 6.45) is 1.74. The fourth-order valence-corrected chi connectivity index (χ4v) is 1.85. The maximum absolute atomic E-state index is 5.63. The molecule has 0 saturated heterocycles. The van der Waals surface area contributed by atoms with Gasteiger partial charge in [-0.05, 0) is 38.1 Å². The van der Waals surface area contributed by atoms with E-state index in [2.05, 4.69) is 10.5 Å². The van der Waals surface area contributed by atoms with Crippen molar-refractivity contribution in [2.45, 2.75) is 13.8 Å². The fraction of sp³-hybridized carbons (Fsp3) is 0.235. The van der Waals surface area contributed by atoms with Crippen molar-refractivity contribution in [3.05, 3.63) is 54.1 Å². The van der Waals surface area contributed by atoms with Crippen LogP contribution < -0.4 is 14.9 Å². The molecule has 21 heavy (non-hydrogen) atoms. The van der Waals surface area contributed by atoms with Crippen LogP contribution in [0.15, 0.2) is 53.6 Å². The minimum absolute atomic E-state index is 0.600. The summed E-state index contributed by atoms with van der Waals surface area (Å²) in [5.74, 6) is 1.57. The van der Waals surface area contributed by atoms with E-state index in [0.717, 1.165) is 22.7 Å². The predicted octanol–water partition coefficient (Wildman–Crippen LogP) is 3.93. The second-order valence-corrected chi connectivity index (χ2v) is 4.30. The molecule has 0 spiro atoms. The number of rotatable bonds is 7. The molecule has 2 aromatic carbocycles. The highest BCUT2D eigenvalue weighted by Gasteiger charge is 2.03. The number of para-hydroxylation sites is 1. The lowest BCUT2D eigenvalue weighted by Crippen LogP contribution is -1.99. The third-order valence-corrected chi connectivity index (χ3v) is 2.77. The molecule has 2 rings (SSSR count). The highest BCUT2D eigenvalue weighted by molar-refractivity contribution is 5.84. The van der Waals surface area contributed by atoms with E-state index in [9.17, 15) is 0 Å². The molecule has 0 heterocycles. The zero-order valence-corrected chi connectivity index (χ0v) is 12.4. The van der Waals surface area contributed by atoms with Crippen molar-refractivity contribution >= 4 is 11.9 Å². The van der Waals surface area contributed by atoms with Crippen molar-refractivity contribution in [3.8, 4) is 11.5 Å². The molecule has 0 amide bonds. The number of hydrogen-bond donors (Lipinski definition) is 1. The van der Waals surface area contributed by atoms with E-state index < -0.39 is 0 Å². The molecule has 0 unspecified atom stereocenters. The smallest absolute Gasteiger partial charge is 0.131 e. The molecule has 2 aromatic rings. The number of hydrazone groups is 1. The number of hydrogen-bond acceptors (Lipinski definition) is 4. The maximum atomic E-state index is 5.63. The van der Waals surface area contributed by atoms with E-state index >= 15 is 0 Å². The van der Waals surface area contributed by atoms with Crippen LogP contribution >= 0.6 is 0 Å². The van der Waals surface area contributed by atoms with E-state index in [0.29, 0.717) is 13.2 Å². The summed E-state index contributed by atoms with van der Waals surface area (Å²) in [6, 6.07) is 15.5. The summed E-state index contributed by atoms with van der Waals surface area (Å²) in [4.78, 5) is 0. The molecule has 0 radical (unpaired) electrons. The van der Waals surface area contributed by atoms with Crippen LogP contribution in [0.4, 0.5) is 5.69 Å². The van der Waals surface area contributed by atoms with Crippen LogP contribution in [-0.2, 0) is 0 Å². The van der Waals surface area contributed by atoms with Gasteiger partial charge in [0.1, 0.15) is 11.5 Å². The number of ether oxygens (including phenoxy) is 2. The van der Waals surface area contributed by atoms with Gasteiger partial charge in [0, 0.05) is 11.6 Å². The summed E-state index contributed by atoms with van der Waals surface area (Å²) >= 11 is 0. The van der Waals surface area contributed by atoms with Gasteiger partial charge in [-0.3, -0.25) is 5.43 Å². The summed E-state index contributed by atoms with van der Waals surface area (Å²) in [7, 11) is 0. The van der Waals surface area contributed by atoms with Gasteiger partial charge in [0.2, 0.25) is 0 Å². The van der Waals surface area contributed by atoms with Crippen LogP contribution in [0.5, 0.6) is 11.5 Å². The van der Waals surface area contributed by atoms with Crippen LogP contribution in [0, 0.1) is 0 Å². The Hall–Kier alpha value is -2.49. The molecule has 0 aliphatic rings. The highest BCUT2D eigenvalue weighted by Crippen LogP contribution is 2.24. The molecule has 110 valence electrons. The first-order chi connectivity index (χ1) is 10.3. The maximum Gasteiger partial charge on any atom is 0.131 e. The number of nitrogens with one attached hydrogen (secondary N) is 1. The van der Waals surface area contributed by atoms with Crippen molar-refractivity contribution in [1.82, 2.24) is 0 Å². The third-order valence-electron chi connectivity index (χ3n) is 2.77. The Labute approximate surface area is 125 Å². The van der Waals surface area contributed by atoms with E-state index in [1.165, 1.54) is 0 Å².